The third-order valence-corrected chi connectivity index (χ3v) is 3.16. The maximum atomic E-state index is 7.33. The molecule has 0 bridgehead atoms. The van der Waals surface area contributed by atoms with Crippen LogP contribution in [-0.4, -0.2) is 0 Å². The molecule has 0 saturated carbocycles. The van der Waals surface area contributed by atoms with Gasteiger partial charge in [0, 0.05) is 26.1 Å². The third-order valence-electron chi connectivity index (χ3n) is 0.950. The molecule has 0 aliphatic rings. The van der Waals surface area contributed by atoms with Crippen LogP contribution < -0.4 is 0 Å². The molecule has 0 aliphatic carbocycles. The van der Waals surface area contributed by atoms with Gasteiger partial charge in [0.15, 0.2) is 0 Å². The van der Waals surface area contributed by atoms with Gasteiger partial charge in [-0.2, -0.15) is 0 Å². The summed E-state index contributed by atoms with van der Waals surface area (Å²) in [6, 6.07) is 9.84. The second kappa shape index (κ2) is 3.31. The summed E-state index contributed by atoms with van der Waals surface area (Å²) >= 11 is 2.10. The van der Waals surface area contributed by atoms with E-state index in [1.54, 1.807) is 0 Å². The van der Waals surface area contributed by atoms with Crippen LogP contribution in [0.5, 0.6) is 0 Å². The molecule has 0 aliphatic heterocycles. The van der Waals surface area contributed by atoms with E-state index in [0.717, 1.165) is 4.90 Å². The van der Waals surface area contributed by atoms with Crippen LogP contribution in [0.15, 0.2) is 35.2 Å². The van der Waals surface area contributed by atoms with Crippen molar-refractivity contribution in [2.45, 2.75) is 4.90 Å². The zero-order chi connectivity index (χ0) is 6.69. The van der Waals surface area contributed by atoms with Gasteiger partial charge in [0.1, 0.15) is 0 Å². The number of halogens is 1. The van der Waals surface area contributed by atoms with Crippen LogP contribution in [0, 0.1) is 4.78 Å². The SMILES string of the molecule is N=S(I)c1ccccc1. The highest BCUT2D eigenvalue weighted by Gasteiger charge is 1.88. The molecule has 1 unspecified atom stereocenters. The molecule has 0 spiro atoms. The molecule has 1 aromatic rings. The second-order valence-corrected chi connectivity index (χ2v) is 5.20. The van der Waals surface area contributed by atoms with E-state index >= 15 is 0 Å². The number of rotatable bonds is 1. The summed E-state index contributed by atoms with van der Waals surface area (Å²) in [6.07, 6.45) is 0. The first-order valence-corrected chi connectivity index (χ1v) is 6.24. The van der Waals surface area contributed by atoms with Crippen LogP contribution in [0.3, 0.4) is 0 Å². The molecule has 1 atom stereocenters. The Morgan fingerprint density at radius 1 is 1.22 bits per heavy atom. The summed E-state index contributed by atoms with van der Waals surface area (Å²) in [6.45, 7) is 0. The molecule has 3 heteroatoms. The summed E-state index contributed by atoms with van der Waals surface area (Å²) in [7, 11) is -0.359. The van der Waals surface area contributed by atoms with E-state index < -0.39 is 0 Å². The number of nitrogens with one attached hydrogen (secondary N) is 1. The molecule has 0 heterocycles. The fraction of sp³-hybridized carbons (Fsp3) is 0. The van der Waals surface area contributed by atoms with Crippen LogP contribution in [0.25, 0.3) is 0 Å². The minimum atomic E-state index is -0.359. The first-order valence-electron chi connectivity index (χ1n) is 2.47. The van der Waals surface area contributed by atoms with Gasteiger partial charge in [-0.15, -0.1) is 0 Å². The summed E-state index contributed by atoms with van der Waals surface area (Å²) in [4.78, 5) is 1.10. The fourth-order valence-electron chi connectivity index (χ4n) is 0.540. The molecule has 1 rings (SSSR count). The van der Waals surface area contributed by atoms with Crippen LogP contribution in [0.1, 0.15) is 0 Å². The molecular weight excluding hydrogens is 245 g/mol. The summed E-state index contributed by atoms with van der Waals surface area (Å²) < 4.78 is 7.33. The molecule has 1 nitrogen and oxygen atoms in total. The number of hydrogen-bond acceptors (Lipinski definition) is 1. The largest absolute Gasteiger partial charge is 0.265 e. The average Bonchev–Trinajstić information content (AvgIpc) is 1.90. The highest BCUT2D eigenvalue weighted by atomic mass is 127. The standard InChI is InChI=1S/C6H6INS/c7-9(8)6-4-2-1-3-5-6/h1-5,8H. The average molecular weight is 251 g/mol. The van der Waals surface area contributed by atoms with Crippen molar-refractivity contribution in [3.05, 3.63) is 30.3 Å². The van der Waals surface area contributed by atoms with Crippen molar-refractivity contribution in [3.63, 3.8) is 0 Å². The number of benzene rings is 1. The Kier molecular flexibility index (Phi) is 2.65. The maximum absolute atomic E-state index is 7.33. The molecule has 9 heavy (non-hydrogen) atoms. The van der Waals surface area contributed by atoms with E-state index in [4.69, 9.17) is 4.78 Å². The van der Waals surface area contributed by atoms with E-state index in [2.05, 4.69) is 21.2 Å². The monoisotopic (exact) mass is 251 g/mol. The molecule has 0 aromatic heterocycles. The van der Waals surface area contributed by atoms with Gasteiger partial charge in [-0.1, -0.05) is 18.2 Å². The zero-order valence-corrected chi connectivity index (χ0v) is 7.65. The van der Waals surface area contributed by atoms with Crippen molar-refractivity contribution in [2.75, 3.05) is 0 Å². The highest BCUT2D eigenvalue weighted by molar-refractivity contribution is 14.2. The summed E-state index contributed by atoms with van der Waals surface area (Å²) in [5.41, 5.74) is 0. The molecule has 48 valence electrons. The fourth-order valence-corrected chi connectivity index (χ4v) is 1.82. The molecule has 0 radical (unpaired) electrons. The van der Waals surface area contributed by atoms with Crippen LogP contribution in [-0.2, 0) is 7.86 Å². The van der Waals surface area contributed by atoms with E-state index in [1.165, 1.54) is 0 Å². The first kappa shape index (κ1) is 7.21. The lowest BCUT2D eigenvalue weighted by Crippen LogP contribution is -1.74. The molecule has 0 saturated heterocycles. The van der Waals surface area contributed by atoms with Gasteiger partial charge in [-0.05, 0) is 20.0 Å². The quantitative estimate of drug-likeness (QED) is 0.742. The summed E-state index contributed by atoms with van der Waals surface area (Å²) in [5, 5.41) is 0. The van der Waals surface area contributed by atoms with E-state index in [-0.39, 0.29) is 7.86 Å². The van der Waals surface area contributed by atoms with Crippen molar-refractivity contribution in [1.29, 1.82) is 4.78 Å². The molecule has 0 amide bonds. The predicted molar refractivity (Wildman–Crippen MR) is 48.8 cm³/mol. The predicted octanol–water partition coefficient (Wildman–Crippen LogP) is 2.78. The Balaban J connectivity index is 2.98. The summed E-state index contributed by atoms with van der Waals surface area (Å²) in [5.74, 6) is 0. The van der Waals surface area contributed by atoms with Gasteiger partial charge in [0.2, 0.25) is 0 Å². The van der Waals surface area contributed by atoms with Crippen molar-refractivity contribution >= 4 is 29.1 Å². The van der Waals surface area contributed by atoms with Gasteiger partial charge in [-0.25, -0.2) is 0 Å². The lowest BCUT2D eigenvalue weighted by Gasteiger charge is -1.92. The Bertz CT molecular complexity index is 210. The third kappa shape index (κ3) is 2.06. The second-order valence-electron chi connectivity index (χ2n) is 1.57. The number of hydrogen-bond donors (Lipinski definition) is 1. The lowest BCUT2D eigenvalue weighted by molar-refractivity contribution is 1.45. The van der Waals surface area contributed by atoms with E-state index in [0.29, 0.717) is 0 Å². The Morgan fingerprint density at radius 2 is 1.78 bits per heavy atom. The maximum Gasteiger partial charge on any atom is 0.0282 e. The first-order chi connectivity index (χ1) is 4.30. The Hall–Kier alpha value is 0.1000. The van der Waals surface area contributed by atoms with Gasteiger partial charge < -0.3 is 0 Å². The zero-order valence-electron chi connectivity index (χ0n) is 4.67. The molecule has 1 N–H and O–H groups in total. The molecular formula is C6H6INS. The van der Waals surface area contributed by atoms with Gasteiger partial charge in [0.05, 0.1) is 0 Å². The van der Waals surface area contributed by atoms with Gasteiger partial charge >= 0.3 is 0 Å². The van der Waals surface area contributed by atoms with Crippen molar-refractivity contribution in [1.82, 2.24) is 0 Å². The van der Waals surface area contributed by atoms with E-state index in [9.17, 15) is 0 Å². The van der Waals surface area contributed by atoms with E-state index in [1.807, 2.05) is 30.3 Å². The van der Waals surface area contributed by atoms with Gasteiger partial charge in [0.25, 0.3) is 0 Å². The Labute approximate surface area is 69.0 Å². The van der Waals surface area contributed by atoms with Crippen LogP contribution >= 0.6 is 21.2 Å². The van der Waals surface area contributed by atoms with Crippen molar-refractivity contribution in [2.24, 2.45) is 0 Å². The highest BCUT2D eigenvalue weighted by Crippen LogP contribution is 2.11. The van der Waals surface area contributed by atoms with Crippen molar-refractivity contribution < 1.29 is 0 Å². The van der Waals surface area contributed by atoms with Crippen LogP contribution in [0.2, 0.25) is 0 Å². The smallest absolute Gasteiger partial charge is 0.0282 e. The molecule has 1 aromatic carbocycles. The van der Waals surface area contributed by atoms with Gasteiger partial charge in [-0.3, -0.25) is 4.78 Å². The van der Waals surface area contributed by atoms with Crippen LogP contribution in [0.4, 0.5) is 0 Å². The topological polar surface area (TPSA) is 23.9 Å². The lowest BCUT2D eigenvalue weighted by atomic mass is 10.4. The Morgan fingerprint density at radius 3 is 2.11 bits per heavy atom. The normalized spacial score (nSPS) is 13.0. The molecule has 0 fully saturated rings. The van der Waals surface area contributed by atoms with Crippen molar-refractivity contribution in [3.8, 4) is 0 Å². The minimum Gasteiger partial charge on any atom is -0.265 e. The minimum absolute atomic E-state index is 0.359.